The predicted molar refractivity (Wildman–Crippen MR) is 96.0 cm³/mol. The van der Waals surface area contributed by atoms with Gasteiger partial charge in [-0.3, -0.25) is 4.79 Å². The van der Waals surface area contributed by atoms with Crippen molar-refractivity contribution in [2.24, 2.45) is 0 Å². The van der Waals surface area contributed by atoms with Crippen LogP contribution < -0.4 is 5.32 Å². The van der Waals surface area contributed by atoms with Crippen molar-refractivity contribution in [2.45, 2.75) is 31.1 Å². The Morgan fingerprint density at radius 2 is 2.09 bits per heavy atom. The van der Waals surface area contributed by atoms with Gasteiger partial charge in [-0.2, -0.15) is 11.3 Å². The standard InChI is InChI=1S/C17H17BrClNOS/c18-13-3-4-15(19)14(9-13)16(21)20-11-17(6-1-2-7-17)12-5-8-22-10-12/h3-5,8-10H,1-2,6-7,11H2,(H,20,21). The van der Waals surface area contributed by atoms with Gasteiger partial charge in [-0.25, -0.2) is 0 Å². The summed E-state index contributed by atoms with van der Waals surface area (Å²) < 4.78 is 0.857. The molecule has 0 atom stereocenters. The van der Waals surface area contributed by atoms with E-state index in [2.05, 4.69) is 38.1 Å². The van der Waals surface area contributed by atoms with E-state index in [1.54, 1.807) is 23.5 Å². The van der Waals surface area contributed by atoms with Crippen molar-refractivity contribution in [1.29, 1.82) is 0 Å². The van der Waals surface area contributed by atoms with Crippen molar-refractivity contribution in [1.82, 2.24) is 5.32 Å². The summed E-state index contributed by atoms with van der Waals surface area (Å²) in [7, 11) is 0. The number of hydrogen-bond donors (Lipinski definition) is 1. The molecule has 0 radical (unpaired) electrons. The minimum Gasteiger partial charge on any atom is -0.351 e. The topological polar surface area (TPSA) is 29.1 Å². The molecule has 2 nitrogen and oxygen atoms in total. The van der Waals surface area contributed by atoms with E-state index in [4.69, 9.17) is 11.6 Å². The van der Waals surface area contributed by atoms with E-state index >= 15 is 0 Å². The number of benzene rings is 1. The van der Waals surface area contributed by atoms with Crippen LogP contribution in [0, 0.1) is 0 Å². The van der Waals surface area contributed by atoms with Gasteiger partial charge in [0.2, 0.25) is 0 Å². The summed E-state index contributed by atoms with van der Waals surface area (Å²) in [5.74, 6) is -0.104. The minimum absolute atomic E-state index is 0.0914. The third-order valence-electron chi connectivity index (χ3n) is 4.45. The maximum atomic E-state index is 12.5. The van der Waals surface area contributed by atoms with E-state index in [9.17, 15) is 4.79 Å². The molecule has 1 aromatic carbocycles. The Balaban J connectivity index is 1.76. The second kappa shape index (κ2) is 6.73. The van der Waals surface area contributed by atoms with Crippen LogP contribution in [0.4, 0.5) is 0 Å². The first-order chi connectivity index (χ1) is 10.6. The molecule has 116 valence electrons. The summed E-state index contributed by atoms with van der Waals surface area (Å²) in [5.41, 5.74) is 1.97. The zero-order valence-corrected chi connectivity index (χ0v) is 15.2. The van der Waals surface area contributed by atoms with Crippen molar-refractivity contribution >= 4 is 44.8 Å². The molecule has 0 bridgehead atoms. The van der Waals surface area contributed by atoms with Crippen LogP contribution in [0.2, 0.25) is 5.02 Å². The molecule has 0 saturated heterocycles. The first-order valence-electron chi connectivity index (χ1n) is 7.37. The Morgan fingerprint density at radius 3 is 2.77 bits per heavy atom. The lowest BCUT2D eigenvalue weighted by molar-refractivity contribution is 0.0943. The van der Waals surface area contributed by atoms with Gasteiger partial charge in [-0.15, -0.1) is 0 Å². The monoisotopic (exact) mass is 397 g/mol. The summed E-state index contributed by atoms with van der Waals surface area (Å²) in [6.45, 7) is 0.672. The molecular formula is C17H17BrClNOS. The van der Waals surface area contributed by atoms with Crippen molar-refractivity contribution in [3.8, 4) is 0 Å². The first kappa shape index (κ1) is 16.0. The largest absolute Gasteiger partial charge is 0.351 e. The molecule has 1 saturated carbocycles. The first-order valence-corrected chi connectivity index (χ1v) is 9.48. The van der Waals surface area contributed by atoms with Gasteiger partial charge in [-0.05, 0) is 53.4 Å². The van der Waals surface area contributed by atoms with Gasteiger partial charge in [0, 0.05) is 16.4 Å². The summed E-state index contributed by atoms with van der Waals surface area (Å²) in [4.78, 5) is 12.5. The second-order valence-electron chi connectivity index (χ2n) is 5.81. The van der Waals surface area contributed by atoms with Crippen LogP contribution >= 0.6 is 38.9 Å². The maximum Gasteiger partial charge on any atom is 0.252 e. The number of amides is 1. The Morgan fingerprint density at radius 1 is 1.32 bits per heavy atom. The number of nitrogens with one attached hydrogen (secondary N) is 1. The molecule has 3 rings (SSSR count). The van der Waals surface area contributed by atoms with E-state index in [-0.39, 0.29) is 11.3 Å². The lowest BCUT2D eigenvalue weighted by Crippen LogP contribution is -2.38. The number of thiophene rings is 1. The van der Waals surface area contributed by atoms with Crippen LogP contribution in [0.3, 0.4) is 0 Å². The van der Waals surface area contributed by atoms with Crippen molar-refractivity contribution in [3.63, 3.8) is 0 Å². The number of carbonyl (C=O) groups is 1. The van der Waals surface area contributed by atoms with E-state index in [1.165, 1.54) is 18.4 Å². The Bertz CT molecular complexity index is 665. The van der Waals surface area contributed by atoms with Crippen LogP contribution in [0.5, 0.6) is 0 Å². The molecule has 1 heterocycles. The highest BCUT2D eigenvalue weighted by atomic mass is 79.9. The highest BCUT2D eigenvalue weighted by Crippen LogP contribution is 2.41. The normalized spacial score (nSPS) is 16.6. The molecule has 0 aliphatic heterocycles. The highest BCUT2D eigenvalue weighted by Gasteiger charge is 2.36. The van der Waals surface area contributed by atoms with Gasteiger partial charge in [0.25, 0.3) is 5.91 Å². The molecule has 5 heteroatoms. The number of hydrogen-bond acceptors (Lipinski definition) is 2. The SMILES string of the molecule is O=C(NCC1(c2ccsc2)CCCC1)c1cc(Br)ccc1Cl. The van der Waals surface area contributed by atoms with Crippen molar-refractivity contribution in [2.75, 3.05) is 6.54 Å². The molecular weight excluding hydrogens is 382 g/mol. The van der Waals surface area contributed by atoms with Gasteiger partial charge in [-0.1, -0.05) is 40.4 Å². The summed E-state index contributed by atoms with van der Waals surface area (Å²) in [5, 5.41) is 7.91. The third-order valence-corrected chi connectivity index (χ3v) is 5.96. The molecule has 1 aliphatic rings. The second-order valence-corrected chi connectivity index (χ2v) is 7.91. The van der Waals surface area contributed by atoms with Gasteiger partial charge < -0.3 is 5.32 Å². The average Bonchev–Trinajstić information content (AvgIpc) is 3.19. The molecule has 1 fully saturated rings. The minimum atomic E-state index is -0.104. The predicted octanol–water partition coefficient (Wildman–Crippen LogP) is 5.41. The Hall–Kier alpha value is -0.840. The van der Waals surface area contributed by atoms with Crippen LogP contribution in [-0.4, -0.2) is 12.5 Å². The maximum absolute atomic E-state index is 12.5. The van der Waals surface area contributed by atoms with E-state index < -0.39 is 0 Å². The lowest BCUT2D eigenvalue weighted by atomic mass is 9.80. The van der Waals surface area contributed by atoms with Crippen LogP contribution in [0.1, 0.15) is 41.6 Å². The van der Waals surface area contributed by atoms with Crippen molar-refractivity contribution in [3.05, 3.63) is 55.6 Å². The van der Waals surface area contributed by atoms with E-state index in [0.717, 1.165) is 17.3 Å². The molecule has 2 aromatic rings. The molecule has 1 aromatic heterocycles. The number of halogens is 2. The summed E-state index contributed by atoms with van der Waals surface area (Å²) >= 11 is 11.2. The average molecular weight is 399 g/mol. The molecule has 0 unspecified atom stereocenters. The van der Waals surface area contributed by atoms with Crippen LogP contribution in [0.15, 0.2) is 39.5 Å². The summed E-state index contributed by atoms with van der Waals surface area (Å²) in [6, 6.07) is 7.53. The van der Waals surface area contributed by atoms with Gasteiger partial charge in [0.1, 0.15) is 0 Å². The fourth-order valence-corrected chi connectivity index (χ4v) is 4.55. The van der Waals surface area contributed by atoms with Crippen molar-refractivity contribution < 1.29 is 4.79 Å². The fourth-order valence-electron chi connectivity index (χ4n) is 3.20. The molecule has 1 amide bonds. The zero-order valence-electron chi connectivity index (χ0n) is 12.1. The molecule has 1 N–H and O–H groups in total. The Labute approximate surface area is 148 Å². The quantitative estimate of drug-likeness (QED) is 0.733. The number of rotatable bonds is 4. The van der Waals surface area contributed by atoms with Crippen LogP contribution in [-0.2, 0) is 5.41 Å². The zero-order chi connectivity index (χ0) is 15.6. The lowest BCUT2D eigenvalue weighted by Gasteiger charge is -2.28. The van der Waals surface area contributed by atoms with E-state index in [1.807, 2.05) is 6.07 Å². The molecule has 0 spiro atoms. The van der Waals surface area contributed by atoms with Gasteiger partial charge in [0.05, 0.1) is 10.6 Å². The highest BCUT2D eigenvalue weighted by molar-refractivity contribution is 9.10. The summed E-state index contributed by atoms with van der Waals surface area (Å²) in [6.07, 6.45) is 4.72. The smallest absolute Gasteiger partial charge is 0.252 e. The third kappa shape index (κ3) is 3.24. The van der Waals surface area contributed by atoms with E-state index in [0.29, 0.717) is 17.1 Å². The van der Waals surface area contributed by atoms with Crippen LogP contribution in [0.25, 0.3) is 0 Å². The fraction of sp³-hybridized carbons (Fsp3) is 0.353. The molecule has 1 aliphatic carbocycles. The molecule has 22 heavy (non-hydrogen) atoms. The number of carbonyl (C=O) groups excluding carboxylic acids is 1. The Kier molecular flexibility index (Phi) is 4.91. The van der Waals surface area contributed by atoms with Gasteiger partial charge >= 0.3 is 0 Å². The van der Waals surface area contributed by atoms with Gasteiger partial charge in [0.15, 0.2) is 0 Å².